The van der Waals surface area contributed by atoms with Crippen molar-refractivity contribution in [1.29, 1.82) is 0 Å². The first kappa shape index (κ1) is 14.0. The van der Waals surface area contributed by atoms with E-state index < -0.39 is 16.2 Å². The van der Waals surface area contributed by atoms with Crippen molar-refractivity contribution in [1.82, 2.24) is 4.31 Å². The number of halogens is 1. The Morgan fingerprint density at radius 2 is 2.06 bits per heavy atom. The molecule has 100 valence electrons. The molecule has 0 bridgehead atoms. The molecule has 0 aromatic heterocycles. The molecule has 2 rings (SSSR count). The van der Waals surface area contributed by atoms with Gasteiger partial charge >= 0.3 is 0 Å². The van der Waals surface area contributed by atoms with Gasteiger partial charge in [0, 0.05) is 11.0 Å². The van der Waals surface area contributed by atoms with Crippen LogP contribution in [-0.4, -0.2) is 25.4 Å². The quantitative estimate of drug-likeness (QED) is 0.903. The molecule has 1 saturated heterocycles. The Balaban J connectivity index is 2.35. The topological polar surface area (TPSA) is 63.4 Å². The molecule has 1 heterocycles. The second-order valence-corrected chi connectivity index (χ2v) is 7.30. The van der Waals surface area contributed by atoms with E-state index in [1.807, 2.05) is 0 Å². The highest BCUT2D eigenvalue weighted by molar-refractivity contribution is 9.10. The van der Waals surface area contributed by atoms with E-state index >= 15 is 0 Å². The van der Waals surface area contributed by atoms with Crippen LogP contribution in [0.2, 0.25) is 0 Å². The van der Waals surface area contributed by atoms with E-state index in [2.05, 4.69) is 15.9 Å². The standard InChI is InChI=1S/C12H17BrN2O2S/c13-10-5-4-6-11(9-10)18(16,17)15-8-3-1-2-7-12(15)14/h4-6,9,12H,1-3,7-8,14H2. The molecule has 1 aliphatic rings. The summed E-state index contributed by atoms with van der Waals surface area (Å²) in [7, 11) is -3.48. The Kier molecular flexibility index (Phi) is 4.42. The van der Waals surface area contributed by atoms with Gasteiger partial charge in [-0.1, -0.05) is 34.8 Å². The zero-order valence-corrected chi connectivity index (χ0v) is 12.5. The average molecular weight is 333 g/mol. The van der Waals surface area contributed by atoms with Crippen molar-refractivity contribution < 1.29 is 8.42 Å². The van der Waals surface area contributed by atoms with Crippen LogP contribution in [0.4, 0.5) is 0 Å². The predicted octanol–water partition coefficient (Wildman–Crippen LogP) is 2.30. The summed E-state index contributed by atoms with van der Waals surface area (Å²) in [6.45, 7) is 0.510. The Morgan fingerprint density at radius 3 is 2.78 bits per heavy atom. The lowest BCUT2D eigenvalue weighted by atomic mass is 10.2. The van der Waals surface area contributed by atoms with Crippen LogP contribution in [0.5, 0.6) is 0 Å². The first-order valence-corrected chi connectivity index (χ1v) is 8.28. The fourth-order valence-corrected chi connectivity index (χ4v) is 4.35. The van der Waals surface area contributed by atoms with E-state index in [-0.39, 0.29) is 0 Å². The number of benzene rings is 1. The second-order valence-electron chi connectivity index (χ2n) is 4.49. The predicted molar refractivity (Wildman–Crippen MR) is 74.5 cm³/mol. The smallest absolute Gasteiger partial charge is 0.244 e. The Bertz CT molecular complexity index is 519. The average Bonchev–Trinajstić information content (AvgIpc) is 2.54. The molecular formula is C12H17BrN2O2S. The summed E-state index contributed by atoms with van der Waals surface area (Å²) in [5.74, 6) is 0. The van der Waals surface area contributed by atoms with Crippen LogP contribution >= 0.6 is 15.9 Å². The van der Waals surface area contributed by atoms with Gasteiger partial charge in [0.25, 0.3) is 0 Å². The van der Waals surface area contributed by atoms with Gasteiger partial charge in [-0.25, -0.2) is 8.42 Å². The fourth-order valence-electron chi connectivity index (χ4n) is 2.17. The summed E-state index contributed by atoms with van der Waals surface area (Å²) < 4.78 is 27.2. The minimum absolute atomic E-state index is 0.300. The van der Waals surface area contributed by atoms with E-state index in [0.29, 0.717) is 11.4 Å². The SMILES string of the molecule is NC1CCCCCN1S(=O)(=O)c1cccc(Br)c1. The molecule has 0 radical (unpaired) electrons. The van der Waals surface area contributed by atoms with Gasteiger partial charge in [0.15, 0.2) is 0 Å². The highest BCUT2D eigenvalue weighted by Gasteiger charge is 2.30. The molecule has 1 unspecified atom stereocenters. The first-order chi connectivity index (χ1) is 8.51. The number of rotatable bonds is 2. The number of hydrogen-bond acceptors (Lipinski definition) is 3. The molecule has 18 heavy (non-hydrogen) atoms. The van der Waals surface area contributed by atoms with Crippen molar-refractivity contribution >= 4 is 26.0 Å². The summed E-state index contributed by atoms with van der Waals surface area (Å²) in [6.07, 6.45) is 3.23. The van der Waals surface area contributed by atoms with Crippen LogP contribution in [0.25, 0.3) is 0 Å². The Morgan fingerprint density at radius 1 is 1.28 bits per heavy atom. The maximum absolute atomic E-state index is 12.5. The molecule has 0 spiro atoms. The van der Waals surface area contributed by atoms with Gasteiger partial charge in [0.1, 0.15) is 0 Å². The van der Waals surface area contributed by atoms with E-state index in [1.54, 1.807) is 24.3 Å². The van der Waals surface area contributed by atoms with Crippen molar-refractivity contribution in [3.8, 4) is 0 Å². The van der Waals surface area contributed by atoms with Gasteiger partial charge < -0.3 is 5.73 Å². The lowest BCUT2D eigenvalue weighted by Gasteiger charge is -2.26. The second kappa shape index (κ2) is 5.69. The van der Waals surface area contributed by atoms with Crippen LogP contribution in [0, 0.1) is 0 Å². The van der Waals surface area contributed by atoms with Gasteiger partial charge in [-0.2, -0.15) is 4.31 Å². The Hall–Kier alpha value is -0.430. The van der Waals surface area contributed by atoms with E-state index in [9.17, 15) is 8.42 Å². The molecule has 1 aromatic carbocycles. The number of nitrogens with zero attached hydrogens (tertiary/aromatic N) is 1. The number of nitrogens with two attached hydrogens (primary N) is 1. The number of sulfonamides is 1. The van der Waals surface area contributed by atoms with Crippen LogP contribution in [0.1, 0.15) is 25.7 Å². The van der Waals surface area contributed by atoms with Crippen LogP contribution in [0.3, 0.4) is 0 Å². The van der Waals surface area contributed by atoms with Crippen molar-refractivity contribution in [3.63, 3.8) is 0 Å². The van der Waals surface area contributed by atoms with Gasteiger partial charge in [0.2, 0.25) is 10.0 Å². The summed E-state index contributed by atoms with van der Waals surface area (Å²) in [6, 6.07) is 6.76. The summed E-state index contributed by atoms with van der Waals surface area (Å²) in [5.41, 5.74) is 5.98. The lowest BCUT2D eigenvalue weighted by molar-refractivity contribution is 0.329. The van der Waals surface area contributed by atoms with Gasteiger partial charge in [-0.3, -0.25) is 0 Å². The third kappa shape index (κ3) is 2.93. The maximum Gasteiger partial charge on any atom is 0.244 e. The minimum Gasteiger partial charge on any atom is -0.315 e. The molecule has 6 heteroatoms. The zero-order chi connectivity index (χ0) is 13.2. The molecule has 0 aliphatic carbocycles. The summed E-state index contributed by atoms with van der Waals surface area (Å²) in [4.78, 5) is 0.300. The Labute approximate surface area is 116 Å². The van der Waals surface area contributed by atoms with Crippen LogP contribution < -0.4 is 5.73 Å². The largest absolute Gasteiger partial charge is 0.315 e. The van der Waals surface area contributed by atoms with Gasteiger partial charge in [0.05, 0.1) is 11.1 Å². The summed E-state index contributed by atoms with van der Waals surface area (Å²) >= 11 is 3.29. The van der Waals surface area contributed by atoms with Crippen molar-refractivity contribution in [2.75, 3.05) is 6.54 Å². The molecule has 0 saturated carbocycles. The highest BCUT2D eigenvalue weighted by atomic mass is 79.9. The van der Waals surface area contributed by atoms with E-state index in [0.717, 1.165) is 30.2 Å². The maximum atomic E-state index is 12.5. The molecule has 1 fully saturated rings. The van der Waals surface area contributed by atoms with Crippen LogP contribution in [0.15, 0.2) is 33.6 Å². The molecule has 1 aromatic rings. The van der Waals surface area contributed by atoms with Crippen molar-refractivity contribution in [2.45, 2.75) is 36.7 Å². The van der Waals surface area contributed by atoms with E-state index in [1.165, 1.54) is 4.31 Å². The summed E-state index contributed by atoms with van der Waals surface area (Å²) in [5, 5.41) is 0. The lowest BCUT2D eigenvalue weighted by Crippen LogP contribution is -2.45. The third-order valence-electron chi connectivity index (χ3n) is 3.15. The molecule has 1 aliphatic heterocycles. The molecule has 1 atom stereocenters. The number of hydrogen-bond donors (Lipinski definition) is 1. The first-order valence-electron chi connectivity index (χ1n) is 6.05. The zero-order valence-electron chi connectivity index (χ0n) is 10.0. The van der Waals surface area contributed by atoms with Gasteiger partial charge in [-0.15, -0.1) is 0 Å². The minimum atomic E-state index is -3.48. The normalized spacial score (nSPS) is 22.7. The third-order valence-corrected chi connectivity index (χ3v) is 5.56. The molecule has 2 N–H and O–H groups in total. The fraction of sp³-hybridized carbons (Fsp3) is 0.500. The molecular weight excluding hydrogens is 316 g/mol. The highest BCUT2D eigenvalue weighted by Crippen LogP contribution is 2.24. The van der Waals surface area contributed by atoms with Gasteiger partial charge in [-0.05, 0) is 31.0 Å². The monoisotopic (exact) mass is 332 g/mol. The molecule has 0 amide bonds. The molecule has 4 nitrogen and oxygen atoms in total. The van der Waals surface area contributed by atoms with Crippen molar-refractivity contribution in [3.05, 3.63) is 28.7 Å². The van der Waals surface area contributed by atoms with Crippen LogP contribution in [-0.2, 0) is 10.0 Å². The van der Waals surface area contributed by atoms with Crippen molar-refractivity contribution in [2.24, 2.45) is 5.73 Å². The van der Waals surface area contributed by atoms with E-state index in [4.69, 9.17) is 5.73 Å².